The lowest BCUT2D eigenvalue weighted by molar-refractivity contribution is 0.0696. The zero-order valence-electron chi connectivity index (χ0n) is 12.5. The van der Waals surface area contributed by atoms with Gasteiger partial charge in [0.25, 0.3) is 0 Å². The molecule has 1 atom stereocenters. The number of carboxylic acid groups (broad SMARTS) is 1. The van der Waals surface area contributed by atoms with Gasteiger partial charge in [0, 0.05) is 20.2 Å². The molecule has 5 nitrogen and oxygen atoms in total. The molecule has 0 amide bonds. The third-order valence-electron chi connectivity index (χ3n) is 3.78. The number of hydrogen-bond acceptors (Lipinski definition) is 4. The predicted molar refractivity (Wildman–Crippen MR) is 79.9 cm³/mol. The van der Waals surface area contributed by atoms with Crippen molar-refractivity contribution in [3.8, 4) is 5.75 Å². The zero-order chi connectivity index (χ0) is 15.1. The molecule has 0 spiro atoms. The van der Waals surface area contributed by atoms with E-state index in [9.17, 15) is 4.79 Å². The Labute approximate surface area is 125 Å². The summed E-state index contributed by atoms with van der Waals surface area (Å²) in [6.07, 6.45) is 2.45. The van der Waals surface area contributed by atoms with Gasteiger partial charge in [-0.1, -0.05) is 0 Å². The maximum Gasteiger partial charge on any atom is 0.335 e. The molecule has 1 aromatic rings. The van der Waals surface area contributed by atoms with Crippen LogP contribution < -0.4 is 4.74 Å². The van der Waals surface area contributed by atoms with Crippen molar-refractivity contribution in [2.75, 3.05) is 40.0 Å². The summed E-state index contributed by atoms with van der Waals surface area (Å²) in [6.45, 7) is 4.51. The molecule has 0 bridgehead atoms. The number of rotatable bonds is 7. The highest BCUT2D eigenvalue weighted by Crippen LogP contribution is 2.17. The second-order valence-corrected chi connectivity index (χ2v) is 5.44. The van der Waals surface area contributed by atoms with E-state index in [1.165, 1.54) is 12.8 Å². The van der Waals surface area contributed by atoms with E-state index < -0.39 is 5.97 Å². The summed E-state index contributed by atoms with van der Waals surface area (Å²) < 4.78 is 10.9. The van der Waals surface area contributed by atoms with Crippen molar-refractivity contribution >= 4 is 5.97 Å². The SMILES string of the molecule is COCC1CCCN(CCOc2ccc(C(=O)O)cc2)C1. The van der Waals surface area contributed by atoms with Crippen LogP contribution in [0.15, 0.2) is 24.3 Å². The van der Waals surface area contributed by atoms with Crippen molar-refractivity contribution < 1.29 is 19.4 Å². The van der Waals surface area contributed by atoms with Crippen molar-refractivity contribution in [3.63, 3.8) is 0 Å². The summed E-state index contributed by atoms with van der Waals surface area (Å²) in [4.78, 5) is 13.2. The van der Waals surface area contributed by atoms with Crippen LogP contribution >= 0.6 is 0 Å². The zero-order valence-corrected chi connectivity index (χ0v) is 12.5. The lowest BCUT2D eigenvalue weighted by atomic mass is 9.99. The molecular weight excluding hydrogens is 270 g/mol. The molecule has 1 heterocycles. The van der Waals surface area contributed by atoms with E-state index in [4.69, 9.17) is 14.6 Å². The fourth-order valence-corrected chi connectivity index (χ4v) is 2.71. The number of piperidine rings is 1. The first kappa shape index (κ1) is 15.8. The molecule has 21 heavy (non-hydrogen) atoms. The first-order valence-electron chi connectivity index (χ1n) is 7.36. The van der Waals surface area contributed by atoms with Crippen LogP contribution in [0.3, 0.4) is 0 Å². The van der Waals surface area contributed by atoms with Crippen LogP contribution in [-0.2, 0) is 4.74 Å². The third kappa shape index (κ3) is 5.02. The molecule has 0 aromatic heterocycles. The second-order valence-electron chi connectivity index (χ2n) is 5.44. The highest BCUT2D eigenvalue weighted by atomic mass is 16.5. The number of carbonyl (C=O) groups is 1. The summed E-state index contributed by atoms with van der Waals surface area (Å²) in [6, 6.07) is 6.53. The Kier molecular flexibility index (Phi) is 6.02. The van der Waals surface area contributed by atoms with Gasteiger partial charge in [-0.3, -0.25) is 4.90 Å². The third-order valence-corrected chi connectivity index (χ3v) is 3.78. The Bertz CT molecular complexity index is 444. The normalized spacial score (nSPS) is 19.4. The number of carboxylic acids is 1. The van der Waals surface area contributed by atoms with Gasteiger partial charge in [-0.05, 0) is 49.6 Å². The summed E-state index contributed by atoms with van der Waals surface area (Å²) >= 11 is 0. The minimum absolute atomic E-state index is 0.279. The first-order chi connectivity index (χ1) is 10.2. The minimum atomic E-state index is -0.918. The molecule has 0 aliphatic carbocycles. The molecule has 2 rings (SSSR count). The van der Waals surface area contributed by atoms with Crippen LogP contribution in [0, 0.1) is 5.92 Å². The molecule has 1 aliphatic heterocycles. The summed E-state index contributed by atoms with van der Waals surface area (Å²) in [5, 5.41) is 8.83. The molecule has 0 radical (unpaired) electrons. The number of ether oxygens (including phenoxy) is 2. The van der Waals surface area contributed by atoms with E-state index in [-0.39, 0.29) is 5.56 Å². The Balaban J connectivity index is 1.72. The molecular formula is C16H23NO4. The Morgan fingerprint density at radius 1 is 1.38 bits per heavy atom. The summed E-state index contributed by atoms with van der Waals surface area (Å²) in [5.41, 5.74) is 0.279. The van der Waals surface area contributed by atoms with Crippen LogP contribution in [0.4, 0.5) is 0 Å². The maximum atomic E-state index is 10.8. The number of methoxy groups -OCH3 is 1. The fraction of sp³-hybridized carbons (Fsp3) is 0.562. The van der Waals surface area contributed by atoms with Gasteiger partial charge in [0.2, 0.25) is 0 Å². The van der Waals surface area contributed by atoms with Crippen LogP contribution in [0.25, 0.3) is 0 Å². The lowest BCUT2D eigenvalue weighted by Gasteiger charge is -2.32. The van der Waals surface area contributed by atoms with Gasteiger partial charge in [0.15, 0.2) is 0 Å². The Morgan fingerprint density at radius 3 is 2.81 bits per heavy atom. The summed E-state index contributed by atoms with van der Waals surface area (Å²) in [7, 11) is 1.75. The average Bonchev–Trinajstić information content (AvgIpc) is 2.48. The molecule has 5 heteroatoms. The van der Waals surface area contributed by atoms with Gasteiger partial charge in [-0.2, -0.15) is 0 Å². The van der Waals surface area contributed by atoms with E-state index >= 15 is 0 Å². The topological polar surface area (TPSA) is 59.0 Å². The van der Waals surface area contributed by atoms with Gasteiger partial charge in [-0.25, -0.2) is 4.79 Å². The van der Waals surface area contributed by atoms with Crippen LogP contribution in [0.2, 0.25) is 0 Å². The number of benzene rings is 1. The smallest absolute Gasteiger partial charge is 0.335 e. The average molecular weight is 293 g/mol. The Hall–Kier alpha value is -1.59. The molecule has 1 saturated heterocycles. The molecule has 1 aromatic carbocycles. The highest BCUT2D eigenvalue weighted by Gasteiger charge is 2.19. The molecule has 1 N–H and O–H groups in total. The van der Waals surface area contributed by atoms with Crippen LogP contribution in [0.1, 0.15) is 23.2 Å². The molecule has 0 saturated carbocycles. The van der Waals surface area contributed by atoms with E-state index in [1.807, 2.05) is 0 Å². The molecule has 1 aliphatic rings. The van der Waals surface area contributed by atoms with E-state index in [0.29, 0.717) is 18.3 Å². The van der Waals surface area contributed by atoms with Gasteiger partial charge in [0.05, 0.1) is 12.2 Å². The van der Waals surface area contributed by atoms with Crippen molar-refractivity contribution in [2.45, 2.75) is 12.8 Å². The van der Waals surface area contributed by atoms with Crippen molar-refractivity contribution in [1.29, 1.82) is 0 Å². The van der Waals surface area contributed by atoms with E-state index in [1.54, 1.807) is 31.4 Å². The number of nitrogens with zero attached hydrogens (tertiary/aromatic N) is 1. The number of hydrogen-bond donors (Lipinski definition) is 1. The molecule has 116 valence electrons. The van der Waals surface area contributed by atoms with E-state index in [0.717, 1.165) is 26.2 Å². The van der Waals surface area contributed by atoms with Gasteiger partial charge in [0.1, 0.15) is 12.4 Å². The molecule has 1 unspecified atom stereocenters. The molecule has 1 fully saturated rings. The standard InChI is InChI=1S/C16H23NO4/c1-20-12-13-3-2-8-17(11-13)9-10-21-15-6-4-14(5-7-15)16(18)19/h4-7,13H,2-3,8-12H2,1H3,(H,18,19). The van der Waals surface area contributed by atoms with Crippen molar-refractivity contribution in [2.24, 2.45) is 5.92 Å². The van der Waals surface area contributed by atoms with Crippen molar-refractivity contribution in [3.05, 3.63) is 29.8 Å². The second kappa shape index (κ2) is 8.00. The van der Waals surface area contributed by atoms with Gasteiger partial charge >= 0.3 is 5.97 Å². The van der Waals surface area contributed by atoms with E-state index in [2.05, 4.69) is 4.90 Å². The monoisotopic (exact) mass is 293 g/mol. The minimum Gasteiger partial charge on any atom is -0.492 e. The number of likely N-dealkylation sites (tertiary alicyclic amines) is 1. The van der Waals surface area contributed by atoms with Crippen LogP contribution in [-0.4, -0.2) is 55.9 Å². The van der Waals surface area contributed by atoms with Crippen LogP contribution in [0.5, 0.6) is 5.75 Å². The summed E-state index contributed by atoms with van der Waals surface area (Å²) in [5.74, 6) is 0.420. The number of aromatic carboxylic acids is 1. The largest absolute Gasteiger partial charge is 0.492 e. The van der Waals surface area contributed by atoms with Crippen molar-refractivity contribution in [1.82, 2.24) is 4.90 Å². The maximum absolute atomic E-state index is 10.8. The lowest BCUT2D eigenvalue weighted by Crippen LogP contribution is -2.39. The van der Waals surface area contributed by atoms with Gasteiger partial charge in [-0.15, -0.1) is 0 Å². The quantitative estimate of drug-likeness (QED) is 0.834. The first-order valence-corrected chi connectivity index (χ1v) is 7.36. The fourth-order valence-electron chi connectivity index (χ4n) is 2.71. The highest BCUT2D eigenvalue weighted by molar-refractivity contribution is 5.87. The van der Waals surface area contributed by atoms with Gasteiger partial charge < -0.3 is 14.6 Å². The predicted octanol–water partition coefficient (Wildman–Crippen LogP) is 2.12. The Morgan fingerprint density at radius 2 is 2.14 bits per heavy atom.